The highest BCUT2D eigenvalue weighted by Gasteiger charge is 2.46. The molecule has 26 heavy (non-hydrogen) atoms. The molecule has 0 amide bonds. The van der Waals surface area contributed by atoms with Crippen LogP contribution in [-0.4, -0.2) is 51.8 Å². The number of hydrogen-bond donors (Lipinski definition) is 1. The topological polar surface area (TPSA) is 88.4 Å². The molecule has 0 aliphatic carbocycles. The Bertz CT molecular complexity index is 963. The van der Waals surface area contributed by atoms with Gasteiger partial charge in [0.05, 0.1) is 12.1 Å². The highest BCUT2D eigenvalue weighted by Crippen LogP contribution is 2.33. The number of ether oxygens (including phenoxy) is 1. The van der Waals surface area contributed by atoms with Gasteiger partial charge in [-0.15, -0.1) is 0 Å². The Kier molecular flexibility index (Phi) is 4.00. The first-order valence-corrected chi connectivity index (χ1v) is 8.34. The van der Waals surface area contributed by atoms with E-state index in [0.717, 1.165) is 22.3 Å². The predicted octanol–water partition coefficient (Wildman–Crippen LogP) is 2.37. The summed E-state index contributed by atoms with van der Waals surface area (Å²) in [6.07, 6.45) is 3.82. The molecule has 7 nitrogen and oxygen atoms in total. The number of carboxylic acid groups (broad SMARTS) is 1. The van der Waals surface area contributed by atoms with Crippen LogP contribution in [0.2, 0.25) is 0 Å². The van der Waals surface area contributed by atoms with E-state index in [1.807, 2.05) is 41.3 Å². The molecule has 0 spiro atoms. The van der Waals surface area contributed by atoms with Gasteiger partial charge < -0.3 is 14.7 Å². The van der Waals surface area contributed by atoms with Gasteiger partial charge in [0, 0.05) is 43.4 Å². The maximum Gasteiger partial charge on any atom is 0.337 e. The van der Waals surface area contributed by atoms with Crippen LogP contribution in [-0.2, 0) is 9.53 Å². The second-order valence-corrected chi connectivity index (χ2v) is 6.30. The molecular weight excluding hydrogens is 332 g/mol. The van der Waals surface area contributed by atoms with Crippen LogP contribution >= 0.6 is 0 Å². The summed E-state index contributed by atoms with van der Waals surface area (Å²) in [5, 5.41) is 10.5. The van der Waals surface area contributed by atoms with Crippen LogP contribution in [0, 0.1) is 0 Å². The van der Waals surface area contributed by atoms with Gasteiger partial charge >= 0.3 is 5.97 Å². The number of methoxy groups -OCH3 is 1. The molecule has 7 heteroatoms. The Balaban J connectivity index is 1.83. The van der Waals surface area contributed by atoms with Crippen molar-refractivity contribution < 1.29 is 14.6 Å². The lowest BCUT2D eigenvalue weighted by molar-refractivity contribution is -0.159. The van der Waals surface area contributed by atoms with Crippen molar-refractivity contribution in [1.82, 2.24) is 15.0 Å². The van der Waals surface area contributed by atoms with E-state index in [4.69, 9.17) is 9.72 Å². The number of fused-ring (bicyclic) bond motifs is 1. The van der Waals surface area contributed by atoms with Crippen molar-refractivity contribution >= 4 is 22.7 Å². The summed E-state index contributed by atoms with van der Waals surface area (Å²) >= 11 is 0. The lowest BCUT2D eigenvalue weighted by atomic mass is 10.0. The number of nitrogens with zero attached hydrogens (tertiary/aromatic N) is 4. The first-order valence-electron chi connectivity index (χ1n) is 8.34. The normalized spacial score (nSPS) is 19.8. The second-order valence-electron chi connectivity index (χ2n) is 6.30. The van der Waals surface area contributed by atoms with Crippen LogP contribution in [0.4, 0.5) is 5.82 Å². The van der Waals surface area contributed by atoms with Gasteiger partial charge in [-0.3, -0.25) is 4.98 Å². The average molecular weight is 350 g/mol. The molecule has 0 saturated carbocycles. The zero-order valence-electron chi connectivity index (χ0n) is 14.3. The lowest BCUT2D eigenvalue weighted by Gasteiger charge is -2.24. The summed E-state index contributed by atoms with van der Waals surface area (Å²) in [7, 11) is 1.44. The first-order chi connectivity index (χ1) is 12.6. The molecule has 1 aromatic carbocycles. The Morgan fingerprint density at radius 3 is 2.77 bits per heavy atom. The molecule has 0 bridgehead atoms. The van der Waals surface area contributed by atoms with Gasteiger partial charge in [0.25, 0.3) is 0 Å². The number of aromatic nitrogens is 3. The second kappa shape index (κ2) is 6.34. The number of hydrogen-bond acceptors (Lipinski definition) is 6. The number of aliphatic carboxylic acids is 1. The van der Waals surface area contributed by atoms with Crippen LogP contribution in [0.25, 0.3) is 22.3 Å². The van der Waals surface area contributed by atoms with Crippen LogP contribution in [0.5, 0.6) is 0 Å². The van der Waals surface area contributed by atoms with E-state index < -0.39 is 11.6 Å². The Labute approximate surface area is 150 Å². The van der Waals surface area contributed by atoms with Crippen LogP contribution in [0.15, 0.2) is 48.8 Å². The smallest absolute Gasteiger partial charge is 0.337 e. The molecule has 1 N–H and O–H groups in total. The minimum atomic E-state index is -1.21. The van der Waals surface area contributed by atoms with Crippen molar-refractivity contribution in [1.29, 1.82) is 0 Å². The summed E-state index contributed by atoms with van der Waals surface area (Å²) in [6, 6.07) is 11.5. The zero-order valence-corrected chi connectivity index (χ0v) is 14.3. The van der Waals surface area contributed by atoms with E-state index in [1.54, 1.807) is 12.4 Å². The van der Waals surface area contributed by atoms with Crippen LogP contribution < -0.4 is 4.90 Å². The van der Waals surface area contributed by atoms with Gasteiger partial charge in [-0.25, -0.2) is 14.8 Å². The van der Waals surface area contributed by atoms with Gasteiger partial charge in [0.1, 0.15) is 5.82 Å². The molecule has 132 valence electrons. The van der Waals surface area contributed by atoms with Gasteiger partial charge in [0.2, 0.25) is 0 Å². The minimum Gasteiger partial charge on any atom is -0.479 e. The van der Waals surface area contributed by atoms with Crippen molar-refractivity contribution in [2.45, 2.75) is 12.0 Å². The van der Waals surface area contributed by atoms with E-state index >= 15 is 0 Å². The number of benzene rings is 1. The SMILES string of the molecule is COC1(C(=O)O)CCN(c2nc(-c3cccnc3)nc3ccccc23)C1. The Hall–Kier alpha value is -3.06. The zero-order chi connectivity index (χ0) is 18.1. The van der Waals surface area contributed by atoms with Crippen molar-refractivity contribution in [2.75, 3.05) is 25.1 Å². The number of carboxylic acids is 1. The highest BCUT2D eigenvalue weighted by atomic mass is 16.5. The molecule has 2 aromatic heterocycles. The molecule has 3 heterocycles. The summed E-state index contributed by atoms with van der Waals surface area (Å²) in [5.74, 6) is 0.333. The summed E-state index contributed by atoms with van der Waals surface area (Å²) in [4.78, 5) is 27.2. The average Bonchev–Trinajstić information content (AvgIpc) is 3.14. The quantitative estimate of drug-likeness (QED) is 0.773. The Morgan fingerprint density at radius 1 is 1.23 bits per heavy atom. The summed E-state index contributed by atoms with van der Waals surface area (Å²) in [6.45, 7) is 0.792. The van der Waals surface area contributed by atoms with Gasteiger partial charge in [-0.2, -0.15) is 0 Å². The lowest BCUT2D eigenvalue weighted by Crippen LogP contribution is -2.43. The van der Waals surface area contributed by atoms with Gasteiger partial charge in [0.15, 0.2) is 11.4 Å². The maximum atomic E-state index is 11.7. The largest absolute Gasteiger partial charge is 0.479 e. The maximum absolute atomic E-state index is 11.7. The van der Waals surface area contributed by atoms with Crippen LogP contribution in [0.3, 0.4) is 0 Å². The third-order valence-corrected chi connectivity index (χ3v) is 4.81. The number of anilines is 1. The molecule has 1 aliphatic heterocycles. The molecule has 4 rings (SSSR count). The van der Waals surface area contributed by atoms with Crippen molar-refractivity contribution in [3.8, 4) is 11.4 Å². The summed E-state index contributed by atoms with van der Waals surface area (Å²) < 4.78 is 5.34. The Morgan fingerprint density at radius 2 is 2.08 bits per heavy atom. The van der Waals surface area contributed by atoms with Crippen LogP contribution in [0.1, 0.15) is 6.42 Å². The van der Waals surface area contributed by atoms with E-state index in [-0.39, 0.29) is 6.54 Å². The third-order valence-electron chi connectivity index (χ3n) is 4.81. The fourth-order valence-electron chi connectivity index (χ4n) is 3.32. The standard InChI is InChI=1S/C19H18N4O3/c1-26-19(18(24)25)8-10-23(12-19)17-14-6-2-3-7-15(14)21-16(22-17)13-5-4-9-20-11-13/h2-7,9,11H,8,10,12H2,1H3,(H,24,25). The monoisotopic (exact) mass is 350 g/mol. The molecule has 1 atom stereocenters. The van der Waals surface area contributed by atoms with E-state index in [1.165, 1.54) is 7.11 Å². The molecule has 1 saturated heterocycles. The highest BCUT2D eigenvalue weighted by molar-refractivity contribution is 5.92. The molecule has 3 aromatic rings. The number of pyridine rings is 1. The van der Waals surface area contributed by atoms with E-state index in [2.05, 4.69) is 9.97 Å². The fraction of sp³-hybridized carbons (Fsp3) is 0.263. The van der Waals surface area contributed by atoms with Crippen molar-refractivity contribution in [3.05, 3.63) is 48.8 Å². The number of rotatable bonds is 4. The molecule has 1 unspecified atom stereocenters. The molecule has 0 radical (unpaired) electrons. The first kappa shape index (κ1) is 16.4. The molecular formula is C19H18N4O3. The molecule has 1 aliphatic rings. The predicted molar refractivity (Wildman–Crippen MR) is 97.0 cm³/mol. The fourth-order valence-corrected chi connectivity index (χ4v) is 3.32. The van der Waals surface area contributed by atoms with E-state index in [9.17, 15) is 9.90 Å². The number of para-hydroxylation sites is 1. The summed E-state index contributed by atoms with van der Waals surface area (Å²) in [5.41, 5.74) is 0.414. The van der Waals surface area contributed by atoms with Crippen molar-refractivity contribution in [3.63, 3.8) is 0 Å². The third kappa shape index (κ3) is 2.66. The number of carbonyl (C=O) groups is 1. The van der Waals surface area contributed by atoms with E-state index in [0.29, 0.717) is 18.8 Å². The molecule has 1 fully saturated rings. The van der Waals surface area contributed by atoms with Crippen molar-refractivity contribution in [2.24, 2.45) is 0 Å². The minimum absolute atomic E-state index is 0.242. The van der Waals surface area contributed by atoms with Gasteiger partial charge in [-0.05, 0) is 24.3 Å². The van der Waals surface area contributed by atoms with Gasteiger partial charge in [-0.1, -0.05) is 12.1 Å².